The molecule has 1 heterocycles. The third-order valence-corrected chi connectivity index (χ3v) is 3.38. The van der Waals surface area contributed by atoms with E-state index in [-0.39, 0.29) is 12.4 Å². The lowest BCUT2D eigenvalue weighted by Gasteiger charge is -2.12. The van der Waals surface area contributed by atoms with Crippen molar-refractivity contribution >= 4 is 39.1 Å². The van der Waals surface area contributed by atoms with Crippen LogP contribution in [0, 0.1) is 0 Å². The minimum atomic E-state index is 0. The van der Waals surface area contributed by atoms with Crippen molar-refractivity contribution in [2.24, 2.45) is 0 Å². The molecule has 1 aliphatic heterocycles. The van der Waals surface area contributed by atoms with E-state index in [9.17, 15) is 0 Å². The van der Waals surface area contributed by atoms with Gasteiger partial charge in [-0.15, -0.1) is 12.4 Å². The molecule has 0 unspecified atom stereocenters. The fourth-order valence-corrected chi connectivity index (χ4v) is 3.38. The Morgan fingerprint density at radius 2 is 1.00 bits per heavy atom. The first-order valence-electron chi connectivity index (χ1n) is 1.50. The summed E-state index contributed by atoms with van der Waals surface area (Å²) in [7, 11) is 2.29. The van der Waals surface area contributed by atoms with Gasteiger partial charge in [-0.05, 0) is 0 Å². The summed E-state index contributed by atoms with van der Waals surface area (Å²) in [6.07, 6.45) is 0. The lowest BCUT2D eigenvalue weighted by molar-refractivity contribution is 1.44. The Morgan fingerprint density at radius 1 is 0.714 bits per heavy atom. The second-order valence-corrected chi connectivity index (χ2v) is 4.50. The predicted molar refractivity (Wildman–Crippen MR) is 41.6 cm³/mol. The first kappa shape index (κ1) is 8.46. The van der Waals surface area contributed by atoms with Gasteiger partial charge in [0.15, 0.2) is 0 Å². The third-order valence-electron chi connectivity index (χ3n) is 0.375. The summed E-state index contributed by atoms with van der Waals surface area (Å²) in [5.74, 6) is 0. The highest BCUT2D eigenvalue weighted by atomic mass is 35.5. The fourth-order valence-electron chi connectivity index (χ4n) is 0.188. The van der Waals surface area contributed by atoms with E-state index in [2.05, 4.69) is 14.6 Å². The molecule has 0 aromatic rings. The van der Waals surface area contributed by atoms with Crippen LogP contribution < -0.4 is 14.6 Å². The van der Waals surface area contributed by atoms with Crippen molar-refractivity contribution in [3.05, 3.63) is 0 Å². The van der Waals surface area contributed by atoms with Gasteiger partial charge in [0.25, 0.3) is 0 Å². The molecular formula is H7ClN3P3. The lowest BCUT2D eigenvalue weighted by atomic mass is 13.8. The third kappa shape index (κ3) is 4.00. The molecular weight excluding hydrogens is 170 g/mol. The predicted octanol–water partition coefficient (Wildman–Crippen LogP) is 0.716. The highest BCUT2D eigenvalue weighted by Gasteiger charge is 1.89. The molecule has 1 fully saturated rings. The summed E-state index contributed by atoms with van der Waals surface area (Å²) >= 11 is 0. The molecule has 0 aliphatic carbocycles. The van der Waals surface area contributed by atoms with Gasteiger partial charge in [-0.1, -0.05) is 0 Å². The SMILES string of the molecule is Cl.N1PNPNP1. The fraction of sp³-hybridized carbons (Fsp3) is 0. The van der Waals surface area contributed by atoms with Crippen LogP contribution in [-0.4, -0.2) is 0 Å². The second-order valence-electron chi connectivity index (χ2n) is 0.750. The molecule has 1 saturated heterocycles. The zero-order valence-electron chi connectivity index (χ0n) is 3.41. The Morgan fingerprint density at radius 3 is 1.14 bits per heavy atom. The van der Waals surface area contributed by atoms with E-state index in [4.69, 9.17) is 0 Å². The van der Waals surface area contributed by atoms with Gasteiger partial charge >= 0.3 is 0 Å². The standard InChI is InChI=1S/ClH.H6N3P3/c;1-4-2-6-3-5-1/h1H;1-6H. The van der Waals surface area contributed by atoms with Crippen LogP contribution in [-0.2, 0) is 0 Å². The number of rotatable bonds is 0. The average molecular weight is 177 g/mol. The summed E-state index contributed by atoms with van der Waals surface area (Å²) < 4.78 is 0. The van der Waals surface area contributed by atoms with E-state index in [1.54, 1.807) is 0 Å². The molecule has 0 bridgehead atoms. The normalized spacial score (nSPS) is 30.9. The van der Waals surface area contributed by atoms with Crippen LogP contribution in [0.5, 0.6) is 0 Å². The molecule has 3 nitrogen and oxygen atoms in total. The van der Waals surface area contributed by atoms with Crippen LogP contribution in [0.3, 0.4) is 0 Å². The Hall–Kier alpha value is 1.46. The van der Waals surface area contributed by atoms with E-state index in [1.807, 2.05) is 0 Å². The Balaban J connectivity index is 0.000000360. The van der Waals surface area contributed by atoms with Crippen LogP contribution >= 0.6 is 39.1 Å². The molecule has 0 spiro atoms. The van der Waals surface area contributed by atoms with Crippen molar-refractivity contribution in [1.29, 1.82) is 0 Å². The Bertz CT molecular complexity index is 25.7. The summed E-state index contributed by atoms with van der Waals surface area (Å²) in [5, 5.41) is 0. The van der Waals surface area contributed by atoms with Gasteiger partial charge in [0, 0.05) is 26.6 Å². The van der Waals surface area contributed by atoms with Crippen molar-refractivity contribution in [2.45, 2.75) is 0 Å². The van der Waals surface area contributed by atoms with Gasteiger partial charge in [0.05, 0.1) is 0 Å². The van der Waals surface area contributed by atoms with Crippen molar-refractivity contribution in [3.8, 4) is 0 Å². The van der Waals surface area contributed by atoms with Gasteiger partial charge in [-0.2, -0.15) is 0 Å². The molecule has 7 heavy (non-hydrogen) atoms. The maximum Gasteiger partial charge on any atom is 0.0273 e. The van der Waals surface area contributed by atoms with E-state index in [0.29, 0.717) is 0 Å². The highest BCUT2D eigenvalue weighted by molar-refractivity contribution is 7.65. The number of halogens is 1. The molecule has 1 aliphatic rings. The van der Waals surface area contributed by atoms with Gasteiger partial charge in [-0.25, -0.2) is 0 Å². The van der Waals surface area contributed by atoms with E-state index in [0.717, 1.165) is 26.6 Å². The quantitative estimate of drug-likeness (QED) is 0.477. The van der Waals surface area contributed by atoms with Crippen molar-refractivity contribution < 1.29 is 0 Å². The summed E-state index contributed by atoms with van der Waals surface area (Å²) in [6.45, 7) is 0. The average Bonchev–Trinajstić information content (AvgIpc) is 1.72. The molecule has 7 heteroatoms. The summed E-state index contributed by atoms with van der Waals surface area (Å²) in [4.78, 5) is 9.38. The van der Waals surface area contributed by atoms with Crippen molar-refractivity contribution in [1.82, 2.24) is 14.6 Å². The topological polar surface area (TPSA) is 36.1 Å². The zero-order valence-corrected chi connectivity index (χ0v) is 7.22. The molecule has 1 rings (SSSR count). The van der Waals surface area contributed by atoms with Crippen LogP contribution in [0.2, 0.25) is 0 Å². The van der Waals surface area contributed by atoms with E-state index >= 15 is 0 Å². The first-order valence-corrected chi connectivity index (χ1v) is 4.50. The molecule has 0 radical (unpaired) electrons. The first-order chi connectivity index (χ1) is 3.00. The molecule has 0 atom stereocenters. The Labute approximate surface area is 54.3 Å². The smallest absolute Gasteiger partial charge is 0.0273 e. The second kappa shape index (κ2) is 5.59. The van der Waals surface area contributed by atoms with Crippen molar-refractivity contribution in [3.63, 3.8) is 0 Å². The van der Waals surface area contributed by atoms with Crippen LogP contribution in [0.25, 0.3) is 0 Å². The highest BCUT2D eigenvalue weighted by Crippen LogP contribution is 2.23. The number of hydrogen-bond acceptors (Lipinski definition) is 3. The molecule has 44 valence electrons. The van der Waals surface area contributed by atoms with E-state index < -0.39 is 0 Å². The van der Waals surface area contributed by atoms with Crippen LogP contribution in [0.4, 0.5) is 0 Å². The lowest BCUT2D eigenvalue weighted by Crippen LogP contribution is -2.07. The number of nitrogens with one attached hydrogen (secondary N) is 3. The van der Waals surface area contributed by atoms with Gasteiger partial charge in [0.2, 0.25) is 0 Å². The molecule has 0 saturated carbocycles. The maximum atomic E-state index is 3.12. The minimum absolute atomic E-state index is 0. The van der Waals surface area contributed by atoms with E-state index in [1.165, 1.54) is 0 Å². The van der Waals surface area contributed by atoms with Crippen LogP contribution in [0.1, 0.15) is 0 Å². The van der Waals surface area contributed by atoms with Gasteiger partial charge in [-0.3, -0.25) is 14.6 Å². The van der Waals surface area contributed by atoms with Crippen molar-refractivity contribution in [2.75, 3.05) is 0 Å². The molecule has 3 N–H and O–H groups in total. The largest absolute Gasteiger partial charge is 0.254 e. The summed E-state index contributed by atoms with van der Waals surface area (Å²) in [5.41, 5.74) is 0. The van der Waals surface area contributed by atoms with Gasteiger partial charge in [0.1, 0.15) is 0 Å². The molecule has 0 aromatic carbocycles. The maximum absolute atomic E-state index is 3.12. The number of hydrogen-bond donors (Lipinski definition) is 3. The van der Waals surface area contributed by atoms with Crippen LogP contribution in [0.15, 0.2) is 0 Å². The minimum Gasteiger partial charge on any atom is -0.254 e. The zero-order chi connectivity index (χ0) is 4.24. The summed E-state index contributed by atoms with van der Waals surface area (Å²) in [6, 6.07) is 0. The molecule has 0 aromatic heterocycles. The Kier molecular flexibility index (Phi) is 6.76. The monoisotopic (exact) mass is 177 g/mol. The van der Waals surface area contributed by atoms with Gasteiger partial charge < -0.3 is 0 Å². The molecule has 0 amide bonds.